The predicted octanol–water partition coefficient (Wildman–Crippen LogP) is 2.22. The lowest BCUT2D eigenvalue weighted by atomic mass is 9.85. The third-order valence-electron chi connectivity index (χ3n) is 6.52. The van der Waals surface area contributed by atoms with Crippen LogP contribution < -0.4 is 15.4 Å². The number of carbonyl (C=O) groups excluding carboxylic acids is 2. The predicted molar refractivity (Wildman–Crippen MR) is 131 cm³/mol. The minimum atomic E-state index is -0.107. The Morgan fingerprint density at radius 3 is 2.39 bits per heavy atom. The number of para-hydroxylation sites is 1. The molecule has 0 spiro atoms. The second kappa shape index (κ2) is 10.5. The molecule has 4 unspecified atom stereocenters. The highest BCUT2D eigenvalue weighted by Crippen LogP contribution is 2.52. The number of carbonyl (C=O) groups is 2. The summed E-state index contributed by atoms with van der Waals surface area (Å²) in [7, 11) is 3.41. The Balaban J connectivity index is 0.00000272. The molecule has 1 saturated carbocycles. The third-order valence-corrected chi connectivity index (χ3v) is 6.52. The molecule has 2 fully saturated rings. The summed E-state index contributed by atoms with van der Waals surface area (Å²) >= 11 is 0. The number of hydrogen-bond acceptors (Lipinski definition) is 4. The van der Waals surface area contributed by atoms with Crippen LogP contribution in [0.5, 0.6) is 5.75 Å². The van der Waals surface area contributed by atoms with Crippen LogP contribution in [0, 0.1) is 23.7 Å². The van der Waals surface area contributed by atoms with Crippen LogP contribution in [0.2, 0.25) is 0 Å². The Labute approximate surface area is 200 Å². The summed E-state index contributed by atoms with van der Waals surface area (Å²) in [6, 6.07) is 7.97. The standard InChI is InChI=1S/C23H30N4O3.HI/c1-24-23(26-12-10-15-6-3-4-7-18(15)30-2)25-11-5-13-27-21(28)19-16-8-9-17(14-16)20(19)22(27)29;/h3-4,6-9,16-17,19-20H,5,10-14H2,1-2H3,(H2,24,25,26);1H. The number of halogens is 1. The highest BCUT2D eigenvalue weighted by Gasteiger charge is 2.58. The molecule has 4 rings (SSSR count). The molecule has 0 aromatic heterocycles. The summed E-state index contributed by atoms with van der Waals surface area (Å²) in [4.78, 5) is 31.1. The van der Waals surface area contributed by atoms with Crippen molar-refractivity contribution < 1.29 is 14.3 Å². The molecule has 3 aliphatic rings. The number of amides is 2. The van der Waals surface area contributed by atoms with Gasteiger partial charge in [-0.25, -0.2) is 0 Å². The van der Waals surface area contributed by atoms with E-state index in [-0.39, 0.29) is 59.5 Å². The zero-order chi connectivity index (χ0) is 21.1. The summed E-state index contributed by atoms with van der Waals surface area (Å²) in [5, 5.41) is 6.56. The highest BCUT2D eigenvalue weighted by molar-refractivity contribution is 14.0. The average molecular weight is 538 g/mol. The molecule has 2 bridgehead atoms. The van der Waals surface area contributed by atoms with Crippen LogP contribution in [0.1, 0.15) is 18.4 Å². The number of likely N-dealkylation sites (tertiary alicyclic amines) is 1. The number of imide groups is 1. The number of nitrogens with one attached hydrogen (secondary N) is 2. The molecule has 168 valence electrons. The Morgan fingerprint density at radius 2 is 1.74 bits per heavy atom. The van der Waals surface area contributed by atoms with Crippen LogP contribution in [0.25, 0.3) is 0 Å². The van der Waals surface area contributed by atoms with Crippen molar-refractivity contribution in [1.29, 1.82) is 0 Å². The second-order valence-electron chi connectivity index (χ2n) is 8.17. The molecule has 0 radical (unpaired) electrons. The van der Waals surface area contributed by atoms with Crippen LogP contribution in [-0.2, 0) is 16.0 Å². The summed E-state index contributed by atoms with van der Waals surface area (Å²) in [6.45, 7) is 1.84. The van der Waals surface area contributed by atoms with E-state index in [1.54, 1.807) is 14.2 Å². The zero-order valence-corrected chi connectivity index (χ0v) is 20.4. The zero-order valence-electron chi connectivity index (χ0n) is 18.0. The maximum Gasteiger partial charge on any atom is 0.233 e. The van der Waals surface area contributed by atoms with E-state index >= 15 is 0 Å². The number of hydrogen-bond donors (Lipinski definition) is 2. The highest BCUT2D eigenvalue weighted by atomic mass is 127. The molecular formula is C23H31IN4O3. The molecule has 1 heterocycles. The average Bonchev–Trinajstić information content (AvgIpc) is 3.45. The van der Waals surface area contributed by atoms with E-state index in [0.717, 1.165) is 30.7 Å². The molecule has 2 N–H and O–H groups in total. The Bertz CT molecular complexity index is 842. The first-order chi connectivity index (χ1) is 14.6. The van der Waals surface area contributed by atoms with Gasteiger partial charge in [0.05, 0.1) is 18.9 Å². The van der Waals surface area contributed by atoms with Crippen molar-refractivity contribution in [3.8, 4) is 5.75 Å². The molecule has 2 amide bonds. The largest absolute Gasteiger partial charge is 0.496 e. The molecule has 8 heteroatoms. The van der Waals surface area contributed by atoms with E-state index in [1.165, 1.54) is 4.90 Å². The molecular weight excluding hydrogens is 507 g/mol. The minimum Gasteiger partial charge on any atom is -0.496 e. The number of benzene rings is 1. The van der Waals surface area contributed by atoms with E-state index in [1.807, 2.05) is 18.2 Å². The van der Waals surface area contributed by atoms with E-state index in [2.05, 4.69) is 33.8 Å². The number of ether oxygens (including phenoxy) is 1. The number of rotatable bonds is 8. The van der Waals surface area contributed by atoms with Gasteiger partial charge in [0.25, 0.3) is 0 Å². The van der Waals surface area contributed by atoms with Crippen LogP contribution in [0.4, 0.5) is 0 Å². The quantitative estimate of drug-likeness (QED) is 0.133. The maximum absolute atomic E-state index is 12.7. The van der Waals surface area contributed by atoms with Gasteiger partial charge in [-0.2, -0.15) is 0 Å². The van der Waals surface area contributed by atoms with Gasteiger partial charge in [0.2, 0.25) is 11.8 Å². The normalized spacial score (nSPS) is 26.1. The number of guanidine groups is 1. The monoisotopic (exact) mass is 538 g/mol. The fourth-order valence-corrected chi connectivity index (χ4v) is 5.07. The molecule has 2 aliphatic carbocycles. The third kappa shape index (κ3) is 4.73. The first kappa shape index (κ1) is 23.6. The van der Waals surface area contributed by atoms with E-state index in [4.69, 9.17) is 4.74 Å². The molecule has 1 saturated heterocycles. The lowest BCUT2D eigenvalue weighted by molar-refractivity contribution is -0.140. The van der Waals surface area contributed by atoms with Gasteiger partial charge in [-0.15, -0.1) is 24.0 Å². The van der Waals surface area contributed by atoms with E-state index in [0.29, 0.717) is 25.5 Å². The number of nitrogens with zero attached hydrogens (tertiary/aromatic N) is 2. The van der Waals surface area contributed by atoms with Crippen molar-refractivity contribution in [2.45, 2.75) is 19.3 Å². The van der Waals surface area contributed by atoms with Crippen LogP contribution in [0.15, 0.2) is 41.4 Å². The number of methoxy groups -OCH3 is 1. The second-order valence-corrected chi connectivity index (χ2v) is 8.17. The number of fused-ring (bicyclic) bond motifs is 5. The van der Waals surface area contributed by atoms with Crippen LogP contribution in [0.3, 0.4) is 0 Å². The molecule has 31 heavy (non-hydrogen) atoms. The van der Waals surface area contributed by atoms with Gasteiger partial charge in [-0.3, -0.25) is 19.5 Å². The van der Waals surface area contributed by atoms with Crippen molar-refractivity contribution in [3.63, 3.8) is 0 Å². The van der Waals surface area contributed by atoms with Crippen molar-refractivity contribution in [2.24, 2.45) is 28.7 Å². The molecule has 4 atom stereocenters. The van der Waals surface area contributed by atoms with Gasteiger partial charge in [-0.05, 0) is 42.7 Å². The maximum atomic E-state index is 12.7. The Hall–Kier alpha value is -2.10. The van der Waals surface area contributed by atoms with Gasteiger partial charge in [-0.1, -0.05) is 30.4 Å². The first-order valence-corrected chi connectivity index (χ1v) is 10.7. The fourth-order valence-electron chi connectivity index (χ4n) is 5.07. The Kier molecular flexibility index (Phi) is 7.96. The summed E-state index contributed by atoms with van der Waals surface area (Å²) < 4.78 is 5.38. The van der Waals surface area contributed by atoms with Gasteiger partial charge >= 0.3 is 0 Å². The van der Waals surface area contributed by atoms with Crippen molar-refractivity contribution in [2.75, 3.05) is 33.8 Å². The van der Waals surface area contributed by atoms with Crippen molar-refractivity contribution in [3.05, 3.63) is 42.0 Å². The molecule has 1 aliphatic heterocycles. The molecule has 1 aromatic rings. The molecule has 1 aromatic carbocycles. The smallest absolute Gasteiger partial charge is 0.233 e. The molecule has 7 nitrogen and oxygen atoms in total. The van der Waals surface area contributed by atoms with Crippen LogP contribution >= 0.6 is 24.0 Å². The number of allylic oxidation sites excluding steroid dienone is 2. The lowest BCUT2D eigenvalue weighted by Gasteiger charge is -2.18. The Morgan fingerprint density at radius 1 is 1.10 bits per heavy atom. The first-order valence-electron chi connectivity index (χ1n) is 10.7. The topological polar surface area (TPSA) is 83.0 Å². The lowest BCUT2D eigenvalue weighted by Crippen LogP contribution is -2.40. The van der Waals surface area contributed by atoms with Gasteiger partial charge in [0.15, 0.2) is 5.96 Å². The van der Waals surface area contributed by atoms with Crippen molar-refractivity contribution in [1.82, 2.24) is 15.5 Å². The van der Waals surface area contributed by atoms with Gasteiger partial charge in [0.1, 0.15) is 5.75 Å². The van der Waals surface area contributed by atoms with Crippen LogP contribution in [-0.4, -0.2) is 56.5 Å². The fraction of sp³-hybridized carbons (Fsp3) is 0.522. The van der Waals surface area contributed by atoms with E-state index < -0.39 is 0 Å². The minimum absolute atomic E-state index is 0. The summed E-state index contributed by atoms with van der Waals surface area (Å²) in [5.41, 5.74) is 1.14. The van der Waals surface area contributed by atoms with Gasteiger partial charge in [0, 0.05) is 26.7 Å². The summed E-state index contributed by atoms with van der Waals surface area (Å²) in [5.74, 6) is 1.98. The summed E-state index contributed by atoms with van der Waals surface area (Å²) in [6.07, 6.45) is 6.75. The SMILES string of the molecule is CN=C(NCCCN1C(=O)C2C3C=CC(C3)C2C1=O)NCCc1ccccc1OC.I. The van der Waals surface area contributed by atoms with Gasteiger partial charge < -0.3 is 15.4 Å². The van der Waals surface area contributed by atoms with Crippen molar-refractivity contribution >= 4 is 41.8 Å². The number of aliphatic imine (C=N–C) groups is 1. The van der Waals surface area contributed by atoms with E-state index in [9.17, 15) is 9.59 Å².